The van der Waals surface area contributed by atoms with Gasteiger partial charge in [-0.3, -0.25) is 9.59 Å². The second-order valence-corrected chi connectivity index (χ2v) is 4.98. The van der Waals surface area contributed by atoms with Gasteiger partial charge in [-0.15, -0.1) is 0 Å². The Balaban J connectivity index is 2.86. The van der Waals surface area contributed by atoms with E-state index in [9.17, 15) is 14.7 Å². The summed E-state index contributed by atoms with van der Waals surface area (Å²) >= 11 is 0. The van der Waals surface area contributed by atoms with Crippen molar-refractivity contribution in [2.24, 2.45) is 5.92 Å². The van der Waals surface area contributed by atoms with Gasteiger partial charge in [0.25, 0.3) is 0 Å². The molecule has 0 spiro atoms. The normalized spacial score (nSPS) is 26.4. The van der Waals surface area contributed by atoms with Crippen molar-refractivity contribution < 1.29 is 28.9 Å². The highest BCUT2D eigenvalue weighted by atomic mass is 16.6. The maximum atomic E-state index is 12.0. The molecule has 1 rings (SSSR count). The van der Waals surface area contributed by atoms with E-state index in [1.807, 2.05) is 0 Å². The SMILES string of the molecule is CCOC(=O)C(C(=O)OCC)C1(O)CCC(OC)CC1. The first-order chi connectivity index (χ1) is 9.48. The molecule has 0 aromatic carbocycles. The Morgan fingerprint density at radius 2 is 1.60 bits per heavy atom. The molecule has 116 valence electrons. The zero-order valence-electron chi connectivity index (χ0n) is 12.4. The van der Waals surface area contributed by atoms with Crippen LogP contribution in [-0.2, 0) is 23.8 Å². The third-order valence-corrected chi connectivity index (χ3v) is 3.71. The van der Waals surface area contributed by atoms with E-state index in [1.165, 1.54) is 0 Å². The van der Waals surface area contributed by atoms with Crippen LogP contribution >= 0.6 is 0 Å². The molecule has 0 amide bonds. The molecule has 0 atom stereocenters. The van der Waals surface area contributed by atoms with Crippen LogP contribution in [0.2, 0.25) is 0 Å². The molecule has 0 aromatic heterocycles. The summed E-state index contributed by atoms with van der Waals surface area (Å²) < 4.78 is 15.1. The van der Waals surface area contributed by atoms with E-state index >= 15 is 0 Å². The van der Waals surface area contributed by atoms with Gasteiger partial charge < -0.3 is 19.3 Å². The van der Waals surface area contributed by atoms with Crippen LogP contribution in [0.15, 0.2) is 0 Å². The molecule has 6 heteroatoms. The Kier molecular flexibility index (Phi) is 6.42. The standard InChI is InChI=1S/C14H24O6/c1-4-19-12(15)11(13(16)20-5-2)14(17)8-6-10(18-3)7-9-14/h10-11,17H,4-9H2,1-3H3. The number of ether oxygens (including phenoxy) is 3. The minimum atomic E-state index is -1.41. The van der Waals surface area contributed by atoms with E-state index in [2.05, 4.69) is 0 Å². The van der Waals surface area contributed by atoms with Crippen molar-refractivity contribution in [3.63, 3.8) is 0 Å². The monoisotopic (exact) mass is 288 g/mol. The Labute approximate surface area is 119 Å². The van der Waals surface area contributed by atoms with Crippen LogP contribution in [0.1, 0.15) is 39.5 Å². The number of hydrogen-bond acceptors (Lipinski definition) is 6. The molecule has 0 bridgehead atoms. The molecule has 1 fully saturated rings. The van der Waals surface area contributed by atoms with Crippen molar-refractivity contribution in [1.82, 2.24) is 0 Å². The second kappa shape index (κ2) is 7.59. The lowest BCUT2D eigenvalue weighted by Crippen LogP contribution is -2.51. The summed E-state index contributed by atoms with van der Waals surface area (Å²) in [4.78, 5) is 24.0. The summed E-state index contributed by atoms with van der Waals surface area (Å²) in [7, 11) is 1.61. The molecule has 6 nitrogen and oxygen atoms in total. The van der Waals surface area contributed by atoms with Crippen molar-refractivity contribution in [3.05, 3.63) is 0 Å². The number of esters is 2. The van der Waals surface area contributed by atoms with Crippen molar-refractivity contribution in [2.75, 3.05) is 20.3 Å². The third kappa shape index (κ3) is 3.93. The fourth-order valence-corrected chi connectivity index (χ4v) is 2.60. The van der Waals surface area contributed by atoms with Crippen LogP contribution in [-0.4, -0.2) is 49.1 Å². The predicted molar refractivity (Wildman–Crippen MR) is 71.0 cm³/mol. The topological polar surface area (TPSA) is 82.1 Å². The number of carbonyl (C=O) groups is 2. The largest absolute Gasteiger partial charge is 0.465 e. The fraction of sp³-hybridized carbons (Fsp3) is 0.857. The Bertz CT molecular complexity index is 315. The van der Waals surface area contributed by atoms with Gasteiger partial charge in [-0.2, -0.15) is 0 Å². The highest BCUT2D eigenvalue weighted by Crippen LogP contribution is 2.36. The number of carbonyl (C=O) groups excluding carboxylic acids is 2. The van der Waals surface area contributed by atoms with E-state index in [0.29, 0.717) is 25.7 Å². The van der Waals surface area contributed by atoms with Gasteiger partial charge in [-0.1, -0.05) is 0 Å². The molecule has 1 N–H and O–H groups in total. The average molecular weight is 288 g/mol. The van der Waals surface area contributed by atoms with Gasteiger partial charge in [0.15, 0.2) is 5.92 Å². The molecule has 0 unspecified atom stereocenters. The maximum Gasteiger partial charge on any atom is 0.323 e. The molecule has 0 saturated heterocycles. The number of methoxy groups -OCH3 is 1. The van der Waals surface area contributed by atoms with Crippen LogP contribution in [0.3, 0.4) is 0 Å². The molecule has 1 aliphatic carbocycles. The average Bonchev–Trinajstić information content (AvgIpc) is 2.40. The van der Waals surface area contributed by atoms with Crippen molar-refractivity contribution in [1.29, 1.82) is 0 Å². The van der Waals surface area contributed by atoms with Crippen molar-refractivity contribution >= 4 is 11.9 Å². The molecule has 20 heavy (non-hydrogen) atoms. The van der Waals surface area contributed by atoms with Gasteiger partial charge in [-0.05, 0) is 39.5 Å². The second-order valence-electron chi connectivity index (χ2n) is 4.98. The van der Waals surface area contributed by atoms with Crippen LogP contribution in [0.4, 0.5) is 0 Å². The zero-order chi connectivity index (χ0) is 15.2. The van der Waals surface area contributed by atoms with Gasteiger partial charge >= 0.3 is 11.9 Å². The first-order valence-electron chi connectivity index (χ1n) is 7.07. The Hall–Kier alpha value is -1.14. The highest BCUT2D eigenvalue weighted by Gasteiger charge is 2.50. The molecule has 1 aliphatic rings. The maximum absolute atomic E-state index is 12.0. The van der Waals surface area contributed by atoms with Crippen molar-refractivity contribution in [2.45, 2.75) is 51.2 Å². The van der Waals surface area contributed by atoms with Crippen LogP contribution in [0, 0.1) is 5.92 Å². The minimum absolute atomic E-state index is 0.0558. The molecule has 0 heterocycles. The van der Waals surface area contributed by atoms with E-state index in [-0.39, 0.29) is 19.3 Å². The lowest BCUT2D eigenvalue weighted by atomic mass is 9.74. The lowest BCUT2D eigenvalue weighted by molar-refractivity contribution is -0.179. The van der Waals surface area contributed by atoms with Crippen LogP contribution in [0.5, 0.6) is 0 Å². The van der Waals surface area contributed by atoms with Gasteiger partial charge in [0.1, 0.15) is 0 Å². The van der Waals surface area contributed by atoms with Crippen LogP contribution in [0.25, 0.3) is 0 Å². The van der Waals surface area contributed by atoms with E-state index in [1.54, 1.807) is 21.0 Å². The molecule has 0 aromatic rings. The number of aliphatic hydroxyl groups is 1. The van der Waals surface area contributed by atoms with E-state index in [0.717, 1.165) is 0 Å². The van der Waals surface area contributed by atoms with Gasteiger partial charge in [0, 0.05) is 7.11 Å². The molecule has 0 aliphatic heterocycles. The van der Waals surface area contributed by atoms with E-state index < -0.39 is 23.5 Å². The Morgan fingerprint density at radius 3 is 1.95 bits per heavy atom. The molecular formula is C14H24O6. The Morgan fingerprint density at radius 1 is 1.15 bits per heavy atom. The first kappa shape index (κ1) is 16.9. The fourth-order valence-electron chi connectivity index (χ4n) is 2.60. The summed E-state index contributed by atoms with van der Waals surface area (Å²) in [5, 5.41) is 10.7. The summed E-state index contributed by atoms with van der Waals surface area (Å²) in [6, 6.07) is 0. The molecular weight excluding hydrogens is 264 g/mol. The zero-order valence-corrected chi connectivity index (χ0v) is 12.4. The van der Waals surface area contributed by atoms with Crippen molar-refractivity contribution in [3.8, 4) is 0 Å². The summed E-state index contributed by atoms with van der Waals surface area (Å²) in [5.41, 5.74) is -1.41. The van der Waals surface area contributed by atoms with Gasteiger partial charge in [0.05, 0.1) is 24.9 Å². The smallest absolute Gasteiger partial charge is 0.323 e. The summed E-state index contributed by atoms with van der Waals surface area (Å²) in [6.45, 7) is 3.63. The first-order valence-corrected chi connectivity index (χ1v) is 7.07. The van der Waals surface area contributed by atoms with E-state index in [4.69, 9.17) is 14.2 Å². The summed E-state index contributed by atoms with van der Waals surface area (Å²) in [6.07, 6.45) is 1.88. The minimum Gasteiger partial charge on any atom is -0.465 e. The lowest BCUT2D eigenvalue weighted by Gasteiger charge is -2.38. The van der Waals surface area contributed by atoms with Crippen LogP contribution < -0.4 is 0 Å². The van der Waals surface area contributed by atoms with Gasteiger partial charge in [-0.25, -0.2) is 0 Å². The quantitative estimate of drug-likeness (QED) is 0.581. The molecule has 0 radical (unpaired) electrons. The number of hydrogen-bond donors (Lipinski definition) is 1. The third-order valence-electron chi connectivity index (χ3n) is 3.71. The van der Waals surface area contributed by atoms with Gasteiger partial charge in [0.2, 0.25) is 0 Å². The summed E-state index contributed by atoms with van der Waals surface area (Å²) in [5.74, 6) is -2.71. The highest BCUT2D eigenvalue weighted by molar-refractivity contribution is 5.96. The number of rotatable bonds is 6. The molecule has 1 saturated carbocycles. The predicted octanol–water partition coefficient (Wildman–Crippen LogP) is 1.05.